The Balaban J connectivity index is 2.02. The van der Waals surface area contributed by atoms with Crippen molar-refractivity contribution in [3.63, 3.8) is 0 Å². The monoisotopic (exact) mass is 255 g/mol. The zero-order chi connectivity index (χ0) is 13.5. The number of ether oxygens (including phenoxy) is 1. The molecule has 2 rings (SSSR count). The van der Waals surface area contributed by atoms with Gasteiger partial charge in [0.15, 0.2) is 0 Å². The lowest BCUT2D eigenvalue weighted by Crippen LogP contribution is -2.12. The summed E-state index contributed by atoms with van der Waals surface area (Å²) in [5.74, 6) is 0.934. The molecule has 0 amide bonds. The van der Waals surface area contributed by atoms with E-state index in [1.54, 1.807) is 0 Å². The molecule has 0 aliphatic rings. The topological polar surface area (TPSA) is 21.3 Å². The SMILES string of the molecule is CNCCc1ccccc1COc1cccc(C)c1. The molecule has 2 aromatic carbocycles. The largest absolute Gasteiger partial charge is 0.489 e. The molecule has 0 unspecified atom stereocenters. The third kappa shape index (κ3) is 4.11. The Morgan fingerprint density at radius 3 is 2.53 bits per heavy atom. The van der Waals surface area contributed by atoms with E-state index in [9.17, 15) is 0 Å². The van der Waals surface area contributed by atoms with Crippen LogP contribution in [-0.2, 0) is 13.0 Å². The first kappa shape index (κ1) is 13.6. The Labute approximate surface area is 115 Å². The van der Waals surface area contributed by atoms with Crippen molar-refractivity contribution in [1.82, 2.24) is 5.32 Å². The minimum atomic E-state index is 0.628. The molecule has 0 fully saturated rings. The highest BCUT2D eigenvalue weighted by atomic mass is 16.5. The van der Waals surface area contributed by atoms with Gasteiger partial charge in [0.2, 0.25) is 0 Å². The van der Waals surface area contributed by atoms with Gasteiger partial charge < -0.3 is 10.1 Å². The molecule has 19 heavy (non-hydrogen) atoms. The lowest BCUT2D eigenvalue weighted by atomic mass is 10.1. The first-order valence-electron chi connectivity index (χ1n) is 6.70. The van der Waals surface area contributed by atoms with Gasteiger partial charge in [-0.1, -0.05) is 36.4 Å². The van der Waals surface area contributed by atoms with Crippen LogP contribution in [-0.4, -0.2) is 13.6 Å². The standard InChI is InChI=1S/C17H21NO/c1-14-6-5-9-17(12-14)19-13-16-8-4-3-7-15(16)10-11-18-2/h3-9,12,18H,10-11,13H2,1-2H3. The normalized spacial score (nSPS) is 10.4. The van der Waals surface area contributed by atoms with Crippen LogP contribution in [0.5, 0.6) is 5.75 Å². The minimum absolute atomic E-state index is 0.628. The van der Waals surface area contributed by atoms with Crippen LogP contribution in [0.3, 0.4) is 0 Å². The Morgan fingerprint density at radius 1 is 1.00 bits per heavy atom. The summed E-state index contributed by atoms with van der Waals surface area (Å²) in [4.78, 5) is 0. The molecule has 0 bridgehead atoms. The van der Waals surface area contributed by atoms with E-state index in [0.29, 0.717) is 6.61 Å². The summed E-state index contributed by atoms with van der Waals surface area (Å²) < 4.78 is 5.87. The van der Waals surface area contributed by atoms with Gasteiger partial charge in [-0.3, -0.25) is 0 Å². The molecule has 1 N–H and O–H groups in total. The van der Waals surface area contributed by atoms with Crippen LogP contribution in [0.2, 0.25) is 0 Å². The fourth-order valence-electron chi connectivity index (χ4n) is 2.07. The van der Waals surface area contributed by atoms with Crippen LogP contribution in [0.15, 0.2) is 48.5 Å². The van der Waals surface area contributed by atoms with Crippen LogP contribution in [0.4, 0.5) is 0 Å². The Hall–Kier alpha value is -1.80. The highest BCUT2D eigenvalue weighted by Gasteiger charge is 2.02. The van der Waals surface area contributed by atoms with E-state index in [0.717, 1.165) is 18.7 Å². The van der Waals surface area contributed by atoms with E-state index in [1.807, 2.05) is 19.2 Å². The maximum atomic E-state index is 5.87. The molecule has 2 nitrogen and oxygen atoms in total. The van der Waals surface area contributed by atoms with Crippen molar-refractivity contribution in [2.75, 3.05) is 13.6 Å². The molecule has 2 heteroatoms. The molecule has 0 atom stereocenters. The highest BCUT2D eigenvalue weighted by Crippen LogP contribution is 2.16. The first-order valence-corrected chi connectivity index (χ1v) is 6.70. The van der Waals surface area contributed by atoms with E-state index >= 15 is 0 Å². The molecule has 0 aliphatic carbocycles. The van der Waals surface area contributed by atoms with Crippen molar-refractivity contribution < 1.29 is 4.74 Å². The molecule has 100 valence electrons. The first-order chi connectivity index (χ1) is 9.29. The summed E-state index contributed by atoms with van der Waals surface area (Å²) in [7, 11) is 1.98. The molecule has 0 aromatic heterocycles. The van der Waals surface area contributed by atoms with Crippen LogP contribution in [0, 0.1) is 6.92 Å². The van der Waals surface area contributed by atoms with Crippen molar-refractivity contribution in [2.24, 2.45) is 0 Å². The van der Waals surface area contributed by atoms with Gasteiger partial charge in [-0.05, 0) is 55.8 Å². The van der Waals surface area contributed by atoms with Gasteiger partial charge in [0.25, 0.3) is 0 Å². The summed E-state index contributed by atoms with van der Waals surface area (Å²) in [6, 6.07) is 16.6. The highest BCUT2D eigenvalue weighted by molar-refractivity contribution is 5.30. The van der Waals surface area contributed by atoms with E-state index in [1.165, 1.54) is 16.7 Å². The van der Waals surface area contributed by atoms with Crippen LogP contribution in [0.25, 0.3) is 0 Å². The predicted octanol–water partition coefficient (Wildman–Crippen LogP) is 3.34. The van der Waals surface area contributed by atoms with Gasteiger partial charge in [0.05, 0.1) is 0 Å². The van der Waals surface area contributed by atoms with Crippen molar-refractivity contribution in [3.05, 3.63) is 65.2 Å². The second-order valence-electron chi connectivity index (χ2n) is 4.73. The maximum Gasteiger partial charge on any atom is 0.120 e. The van der Waals surface area contributed by atoms with Gasteiger partial charge in [0.1, 0.15) is 12.4 Å². The molecule has 0 saturated heterocycles. The molecule has 2 aromatic rings. The fraction of sp³-hybridized carbons (Fsp3) is 0.294. The fourth-order valence-corrected chi connectivity index (χ4v) is 2.07. The van der Waals surface area contributed by atoms with E-state index in [-0.39, 0.29) is 0 Å². The molecule has 0 spiro atoms. The number of nitrogens with one attached hydrogen (secondary N) is 1. The summed E-state index contributed by atoms with van der Waals surface area (Å²) in [6.07, 6.45) is 1.03. The summed E-state index contributed by atoms with van der Waals surface area (Å²) in [5, 5.41) is 3.18. The van der Waals surface area contributed by atoms with E-state index in [4.69, 9.17) is 4.74 Å². The van der Waals surface area contributed by atoms with Crippen LogP contribution in [0.1, 0.15) is 16.7 Å². The van der Waals surface area contributed by atoms with Crippen LogP contribution < -0.4 is 10.1 Å². The number of hydrogen-bond donors (Lipinski definition) is 1. The van der Waals surface area contributed by atoms with Crippen molar-refractivity contribution in [1.29, 1.82) is 0 Å². The van der Waals surface area contributed by atoms with Gasteiger partial charge in [-0.25, -0.2) is 0 Å². The summed E-state index contributed by atoms with van der Waals surface area (Å²) in [5.41, 5.74) is 3.84. The third-order valence-corrected chi connectivity index (χ3v) is 3.15. The number of aryl methyl sites for hydroxylation is 1. The smallest absolute Gasteiger partial charge is 0.120 e. The second-order valence-corrected chi connectivity index (χ2v) is 4.73. The Bertz CT molecular complexity index is 522. The van der Waals surface area contributed by atoms with Crippen molar-refractivity contribution in [2.45, 2.75) is 20.0 Å². The lowest BCUT2D eigenvalue weighted by molar-refractivity contribution is 0.305. The Kier molecular flexibility index (Phi) is 4.99. The van der Waals surface area contributed by atoms with Gasteiger partial charge >= 0.3 is 0 Å². The van der Waals surface area contributed by atoms with Crippen LogP contribution >= 0.6 is 0 Å². The van der Waals surface area contributed by atoms with Gasteiger partial charge in [0, 0.05) is 0 Å². The summed E-state index contributed by atoms with van der Waals surface area (Å²) >= 11 is 0. The molecule has 0 saturated carbocycles. The van der Waals surface area contributed by atoms with Gasteiger partial charge in [-0.2, -0.15) is 0 Å². The average Bonchev–Trinajstić information content (AvgIpc) is 2.44. The zero-order valence-electron chi connectivity index (χ0n) is 11.6. The molecule has 0 aliphatic heterocycles. The summed E-state index contributed by atoms with van der Waals surface area (Å²) in [6.45, 7) is 3.69. The third-order valence-electron chi connectivity index (χ3n) is 3.15. The van der Waals surface area contributed by atoms with Crippen molar-refractivity contribution >= 4 is 0 Å². The second kappa shape index (κ2) is 6.95. The minimum Gasteiger partial charge on any atom is -0.489 e. The predicted molar refractivity (Wildman–Crippen MR) is 79.6 cm³/mol. The molecule has 0 radical (unpaired) electrons. The molecule has 0 heterocycles. The number of rotatable bonds is 6. The quantitative estimate of drug-likeness (QED) is 0.855. The number of benzene rings is 2. The molecular formula is C17H21NO. The van der Waals surface area contributed by atoms with Gasteiger partial charge in [-0.15, -0.1) is 0 Å². The maximum absolute atomic E-state index is 5.87. The lowest BCUT2D eigenvalue weighted by Gasteiger charge is -2.11. The average molecular weight is 255 g/mol. The van der Waals surface area contributed by atoms with Crippen molar-refractivity contribution in [3.8, 4) is 5.75 Å². The molecular weight excluding hydrogens is 234 g/mol. The number of likely N-dealkylation sites (N-methyl/N-ethyl adjacent to an activating group) is 1. The zero-order valence-corrected chi connectivity index (χ0v) is 11.6. The van der Waals surface area contributed by atoms with E-state index in [2.05, 4.69) is 48.6 Å². The Morgan fingerprint density at radius 2 is 1.79 bits per heavy atom. The number of hydrogen-bond acceptors (Lipinski definition) is 2. The van der Waals surface area contributed by atoms with E-state index < -0.39 is 0 Å².